The van der Waals surface area contributed by atoms with Crippen LogP contribution in [0.25, 0.3) is 10.9 Å². The van der Waals surface area contributed by atoms with E-state index in [-0.39, 0.29) is 0 Å². The fourth-order valence-corrected chi connectivity index (χ4v) is 1.77. The summed E-state index contributed by atoms with van der Waals surface area (Å²) in [6.07, 6.45) is 0. The molecule has 0 saturated heterocycles. The number of carbonyl (C=O) groups excluding carboxylic acids is 1. The van der Waals surface area contributed by atoms with Crippen LogP contribution < -0.4 is 0 Å². The number of H-pyrrole nitrogens is 1. The van der Waals surface area contributed by atoms with E-state index in [9.17, 15) is 4.79 Å². The number of benzene rings is 1. The number of ether oxygens (including phenoxy) is 1. The van der Waals surface area contributed by atoms with Gasteiger partial charge in [0.15, 0.2) is 0 Å². The van der Waals surface area contributed by atoms with Crippen molar-refractivity contribution in [2.75, 3.05) is 0 Å². The van der Waals surface area contributed by atoms with Crippen molar-refractivity contribution in [3.05, 3.63) is 28.9 Å². The summed E-state index contributed by atoms with van der Waals surface area (Å²) in [6, 6.07) is 5.21. The van der Waals surface area contributed by atoms with E-state index in [1.54, 1.807) is 18.2 Å². The van der Waals surface area contributed by atoms with Gasteiger partial charge in [0, 0.05) is 0 Å². The summed E-state index contributed by atoms with van der Waals surface area (Å²) in [5.74, 6) is -0.397. The molecule has 5 heteroatoms. The predicted molar refractivity (Wildman–Crippen MR) is 66.3 cm³/mol. The monoisotopic (exact) mass is 252 g/mol. The number of nitrogens with one attached hydrogen (secondary N) is 1. The number of fused-ring (bicyclic) bond motifs is 1. The van der Waals surface area contributed by atoms with Crippen LogP contribution in [0.4, 0.5) is 0 Å². The van der Waals surface area contributed by atoms with Gasteiger partial charge in [-0.2, -0.15) is 5.10 Å². The molecule has 2 rings (SSSR count). The molecule has 0 atom stereocenters. The zero-order chi connectivity index (χ0) is 12.6. The Morgan fingerprint density at radius 3 is 2.76 bits per heavy atom. The summed E-state index contributed by atoms with van der Waals surface area (Å²) in [5, 5.41) is 7.58. The Balaban J connectivity index is 2.48. The van der Waals surface area contributed by atoms with E-state index in [0.29, 0.717) is 21.6 Å². The van der Waals surface area contributed by atoms with Crippen molar-refractivity contribution in [3.63, 3.8) is 0 Å². The quantitative estimate of drug-likeness (QED) is 0.793. The van der Waals surface area contributed by atoms with Crippen molar-refractivity contribution in [1.82, 2.24) is 10.2 Å². The number of nitrogens with zero attached hydrogens (tertiary/aromatic N) is 1. The number of carbonyl (C=O) groups is 1. The minimum absolute atomic E-state index is 0.349. The number of hydrogen-bond donors (Lipinski definition) is 1. The van der Waals surface area contributed by atoms with E-state index in [1.807, 2.05) is 20.8 Å². The van der Waals surface area contributed by atoms with E-state index in [1.165, 1.54) is 0 Å². The molecule has 1 aromatic heterocycles. The summed E-state index contributed by atoms with van der Waals surface area (Å²) in [5.41, 5.74) is 0.546. The first kappa shape index (κ1) is 11.9. The van der Waals surface area contributed by atoms with Crippen LogP contribution in [0.3, 0.4) is 0 Å². The number of rotatable bonds is 1. The molecular weight excluding hydrogens is 240 g/mol. The van der Waals surface area contributed by atoms with Crippen molar-refractivity contribution in [1.29, 1.82) is 0 Å². The molecule has 90 valence electrons. The van der Waals surface area contributed by atoms with E-state index in [2.05, 4.69) is 10.2 Å². The van der Waals surface area contributed by atoms with Gasteiger partial charge in [-0.15, -0.1) is 0 Å². The van der Waals surface area contributed by atoms with Crippen molar-refractivity contribution in [2.45, 2.75) is 26.4 Å². The number of aromatic amines is 1. The van der Waals surface area contributed by atoms with Crippen LogP contribution in [0.1, 0.15) is 31.1 Å². The van der Waals surface area contributed by atoms with Crippen LogP contribution in [0.2, 0.25) is 5.15 Å². The highest BCUT2D eigenvalue weighted by Gasteiger charge is 2.21. The molecule has 0 aliphatic rings. The van der Waals surface area contributed by atoms with Crippen LogP contribution in [0, 0.1) is 0 Å². The minimum Gasteiger partial charge on any atom is -0.456 e. The average Bonchev–Trinajstić information content (AvgIpc) is 2.58. The highest BCUT2D eigenvalue weighted by molar-refractivity contribution is 6.35. The Hall–Kier alpha value is -1.55. The molecule has 0 radical (unpaired) electrons. The van der Waals surface area contributed by atoms with Crippen LogP contribution in [0.15, 0.2) is 18.2 Å². The number of hydrogen-bond acceptors (Lipinski definition) is 3. The summed E-state index contributed by atoms with van der Waals surface area (Å²) in [7, 11) is 0. The van der Waals surface area contributed by atoms with Gasteiger partial charge < -0.3 is 4.74 Å². The molecule has 17 heavy (non-hydrogen) atoms. The van der Waals surface area contributed by atoms with Crippen molar-refractivity contribution in [2.24, 2.45) is 0 Å². The SMILES string of the molecule is CC(C)(C)OC(=O)c1cccc2n[nH]c(Cl)c12. The van der Waals surface area contributed by atoms with Gasteiger partial charge in [-0.25, -0.2) is 4.79 Å². The third-order valence-electron chi connectivity index (χ3n) is 2.16. The van der Waals surface area contributed by atoms with Gasteiger partial charge in [0.05, 0.1) is 16.5 Å². The number of aromatic nitrogens is 2. The van der Waals surface area contributed by atoms with Gasteiger partial charge in [-0.05, 0) is 32.9 Å². The molecule has 1 N–H and O–H groups in total. The molecule has 0 bridgehead atoms. The molecular formula is C12H13ClN2O2. The zero-order valence-electron chi connectivity index (χ0n) is 9.87. The number of halogens is 1. The summed E-state index contributed by atoms with van der Waals surface area (Å²) >= 11 is 5.97. The lowest BCUT2D eigenvalue weighted by atomic mass is 10.1. The molecule has 2 aromatic rings. The normalized spacial score (nSPS) is 11.8. The van der Waals surface area contributed by atoms with Crippen molar-refractivity contribution in [3.8, 4) is 0 Å². The Labute approximate surface area is 104 Å². The topological polar surface area (TPSA) is 55.0 Å². The lowest BCUT2D eigenvalue weighted by Crippen LogP contribution is -2.24. The number of esters is 1. The van der Waals surface area contributed by atoms with E-state index in [0.717, 1.165) is 0 Å². The highest BCUT2D eigenvalue weighted by atomic mass is 35.5. The molecule has 0 saturated carbocycles. The van der Waals surface area contributed by atoms with E-state index < -0.39 is 11.6 Å². The van der Waals surface area contributed by atoms with Gasteiger partial charge in [-0.3, -0.25) is 5.10 Å². The predicted octanol–water partition coefficient (Wildman–Crippen LogP) is 3.17. The maximum atomic E-state index is 12.0. The van der Waals surface area contributed by atoms with Crippen LogP contribution in [-0.4, -0.2) is 21.8 Å². The molecule has 1 aromatic carbocycles. The smallest absolute Gasteiger partial charge is 0.339 e. The summed E-state index contributed by atoms with van der Waals surface area (Å²) in [4.78, 5) is 12.0. The summed E-state index contributed by atoms with van der Waals surface area (Å²) < 4.78 is 5.32. The van der Waals surface area contributed by atoms with Gasteiger partial charge in [0.25, 0.3) is 0 Å². The Kier molecular flexibility index (Phi) is 2.83. The van der Waals surface area contributed by atoms with Crippen LogP contribution >= 0.6 is 11.6 Å². The highest BCUT2D eigenvalue weighted by Crippen LogP contribution is 2.26. The van der Waals surface area contributed by atoms with E-state index >= 15 is 0 Å². The van der Waals surface area contributed by atoms with Crippen molar-refractivity contribution < 1.29 is 9.53 Å². The first-order valence-corrected chi connectivity index (χ1v) is 5.62. The molecule has 0 aliphatic heterocycles. The lowest BCUT2D eigenvalue weighted by molar-refractivity contribution is 0.00719. The molecule has 0 unspecified atom stereocenters. The van der Waals surface area contributed by atoms with E-state index in [4.69, 9.17) is 16.3 Å². The first-order chi connectivity index (χ1) is 7.88. The van der Waals surface area contributed by atoms with Gasteiger partial charge in [0.1, 0.15) is 10.8 Å². The fourth-order valence-electron chi connectivity index (χ4n) is 1.53. The molecule has 0 spiro atoms. The molecule has 0 aliphatic carbocycles. The van der Waals surface area contributed by atoms with Crippen molar-refractivity contribution >= 4 is 28.5 Å². The van der Waals surface area contributed by atoms with Crippen LogP contribution in [-0.2, 0) is 4.74 Å². The molecule has 0 fully saturated rings. The van der Waals surface area contributed by atoms with Gasteiger partial charge in [0.2, 0.25) is 0 Å². The third kappa shape index (κ3) is 2.42. The maximum absolute atomic E-state index is 12.0. The molecule has 4 nitrogen and oxygen atoms in total. The van der Waals surface area contributed by atoms with Gasteiger partial charge in [-0.1, -0.05) is 17.7 Å². The largest absolute Gasteiger partial charge is 0.456 e. The standard InChI is InChI=1S/C12H13ClN2O2/c1-12(2,3)17-11(16)7-5-4-6-8-9(7)10(13)15-14-8/h4-6H,1-3H3,(H,14,15). The Morgan fingerprint density at radius 2 is 2.12 bits per heavy atom. The minimum atomic E-state index is -0.532. The fraction of sp³-hybridized carbons (Fsp3) is 0.333. The average molecular weight is 253 g/mol. The second-order valence-corrected chi connectivity index (χ2v) is 5.12. The zero-order valence-corrected chi connectivity index (χ0v) is 10.6. The summed E-state index contributed by atoms with van der Waals surface area (Å²) in [6.45, 7) is 5.46. The lowest BCUT2D eigenvalue weighted by Gasteiger charge is -2.19. The van der Waals surface area contributed by atoms with Crippen LogP contribution in [0.5, 0.6) is 0 Å². The first-order valence-electron chi connectivity index (χ1n) is 5.24. The molecule has 0 amide bonds. The molecule has 1 heterocycles. The second-order valence-electron chi connectivity index (χ2n) is 4.74. The Morgan fingerprint density at radius 1 is 1.41 bits per heavy atom. The second kappa shape index (κ2) is 4.04. The third-order valence-corrected chi connectivity index (χ3v) is 2.43. The maximum Gasteiger partial charge on any atom is 0.339 e. The Bertz CT molecular complexity index is 569. The van der Waals surface area contributed by atoms with Gasteiger partial charge >= 0.3 is 5.97 Å².